The Kier molecular flexibility index (Phi) is 4.89. The zero-order valence-electron chi connectivity index (χ0n) is 11.3. The second-order valence-electron chi connectivity index (χ2n) is 4.83. The molecule has 1 aromatic carbocycles. The molecule has 0 bridgehead atoms. The molecule has 1 saturated heterocycles. The summed E-state index contributed by atoms with van der Waals surface area (Å²) in [5.41, 5.74) is 0.798. The van der Waals surface area contributed by atoms with E-state index in [1.807, 2.05) is 30.5 Å². The van der Waals surface area contributed by atoms with Gasteiger partial charge in [-0.25, -0.2) is 4.79 Å². The number of benzene rings is 1. The fraction of sp³-hybridized carbons (Fsp3) is 0.429. The van der Waals surface area contributed by atoms with Crippen molar-refractivity contribution in [1.29, 1.82) is 0 Å². The molecule has 1 aliphatic rings. The Hall–Kier alpha value is -1.69. The van der Waals surface area contributed by atoms with Crippen molar-refractivity contribution in [3.63, 3.8) is 0 Å². The van der Waals surface area contributed by atoms with Gasteiger partial charge in [0.2, 0.25) is 0 Å². The van der Waals surface area contributed by atoms with Crippen LogP contribution in [-0.2, 0) is 4.79 Å². The van der Waals surface area contributed by atoms with Gasteiger partial charge >= 0.3 is 12.0 Å². The van der Waals surface area contributed by atoms with E-state index in [4.69, 9.17) is 5.11 Å². The van der Waals surface area contributed by atoms with Gasteiger partial charge in [-0.15, -0.1) is 11.8 Å². The highest BCUT2D eigenvalue weighted by atomic mass is 32.2. The van der Waals surface area contributed by atoms with Gasteiger partial charge < -0.3 is 15.3 Å². The number of hydrogen-bond donors (Lipinski definition) is 2. The largest absolute Gasteiger partial charge is 0.481 e. The lowest BCUT2D eigenvalue weighted by Gasteiger charge is -2.18. The van der Waals surface area contributed by atoms with Gasteiger partial charge in [0, 0.05) is 24.4 Å². The molecule has 6 heteroatoms. The number of carboxylic acids is 1. The number of carbonyl (C=O) groups is 2. The summed E-state index contributed by atoms with van der Waals surface area (Å²) in [7, 11) is 0. The summed E-state index contributed by atoms with van der Waals surface area (Å²) in [6.45, 7) is 1.13. The predicted octanol–water partition coefficient (Wildman–Crippen LogP) is 2.74. The number of carboxylic acid groups (broad SMARTS) is 1. The fourth-order valence-electron chi connectivity index (χ4n) is 2.37. The lowest BCUT2D eigenvalue weighted by atomic mass is 10.1. The Balaban J connectivity index is 1.94. The van der Waals surface area contributed by atoms with Crippen LogP contribution in [0.4, 0.5) is 10.5 Å². The Morgan fingerprint density at radius 3 is 2.90 bits per heavy atom. The number of aliphatic carboxylic acids is 1. The number of anilines is 1. The van der Waals surface area contributed by atoms with Crippen molar-refractivity contribution in [3.8, 4) is 0 Å². The number of urea groups is 1. The summed E-state index contributed by atoms with van der Waals surface area (Å²) in [6.07, 6.45) is 2.85. The molecule has 0 aliphatic carbocycles. The molecule has 2 amide bonds. The smallest absolute Gasteiger partial charge is 0.321 e. The summed E-state index contributed by atoms with van der Waals surface area (Å²) in [5, 5.41) is 11.7. The number of hydrogen-bond acceptors (Lipinski definition) is 3. The van der Waals surface area contributed by atoms with Crippen LogP contribution in [0.3, 0.4) is 0 Å². The normalized spacial score (nSPS) is 18.1. The zero-order valence-corrected chi connectivity index (χ0v) is 12.2. The Morgan fingerprint density at radius 2 is 2.20 bits per heavy atom. The first-order valence-corrected chi connectivity index (χ1v) is 7.73. The number of rotatable bonds is 4. The first-order valence-electron chi connectivity index (χ1n) is 6.51. The van der Waals surface area contributed by atoms with Gasteiger partial charge in [-0.2, -0.15) is 0 Å². The summed E-state index contributed by atoms with van der Waals surface area (Å²) in [6, 6.07) is 7.48. The zero-order chi connectivity index (χ0) is 14.5. The van der Waals surface area contributed by atoms with Crippen LogP contribution in [0.2, 0.25) is 0 Å². The minimum atomic E-state index is -0.801. The summed E-state index contributed by atoms with van der Waals surface area (Å²) in [4.78, 5) is 25.6. The van der Waals surface area contributed by atoms with Crippen molar-refractivity contribution in [2.24, 2.45) is 5.92 Å². The average Bonchev–Trinajstić information content (AvgIpc) is 2.87. The molecule has 2 rings (SSSR count). The highest BCUT2D eigenvalue weighted by Gasteiger charge is 2.27. The van der Waals surface area contributed by atoms with Gasteiger partial charge in [-0.3, -0.25) is 4.79 Å². The molecule has 0 spiro atoms. The third kappa shape index (κ3) is 3.66. The van der Waals surface area contributed by atoms with Crippen LogP contribution in [0.1, 0.15) is 12.8 Å². The van der Waals surface area contributed by atoms with E-state index in [1.54, 1.807) is 16.7 Å². The van der Waals surface area contributed by atoms with Crippen LogP contribution < -0.4 is 5.32 Å². The topological polar surface area (TPSA) is 69.6 Å². The molecule has 1 fully saturated rings. The van der Waals surface area contributed by atoms with E-state index in [1.165, 1.54) is 0 Å². The fourth-order valence-corrected chi connectivity index (χ4v) is 2.93. The molecule has 1 aromatic rings. The molecule has 20 heavy (non-hydrogen) atoms. The first kappa shape index (κ1) is 14.7. The maximum atomic E-state index is 12.2. The van der Waals surface area contributed by atoms with Crippen LogP contribution in [0, 0.1) is 5.92 Å². The standard InChI is InChI=1S/C14H18N2O3S/c1-20-12-5-3-2-4-11(12)15-14(19)16-7-6-10(9-16)8-13(17)18/h2-5,10H,6-9H2,1H3,(H,15,19)(H,17,18). The van der Waals surface area contributed by atoms with E-state index in [2.05, 4.69) is 5.32 Å². The van der Waals surface area contributed by atoms with Gasteiger partial charge in [0.1, 0.15) is 0 Å². The monoisotopic (exact) mass is 294 g/mol. The van der Waals surface area contributed by atoms with Gasteiger partial charge in [-0.1, -0.05) is 12.1 Å². The van der Waals surface area contributed by atoms with Crippen LogP contribution in [0.5, 0.6) is 0 Å². The number of para-hydroxylation sites is 1. The van der Waals surface area contributed by atoms with Gasteiger partial charge in [0.15, 0.2) is 0 Å². The maximum Gasteiger partial charge on any atom is 0.321 e. The Labute approximate surface area is 122 Å². The summed E-state index contributed by atoms with van der Waals surface area (Å²) in [5.74, 6) is -0.737. The van der Waals surface area contributed by atoms with Crippen LogP contribution in [-0.4, -0.2) is 41.4 Å². The minimum Gasteiger partial charge on any atom is -0.481 e. The molecule has 0 saturated carbocycles. The molecular weight excluding hydrogens is 276 g/mol. The van der Waals surface area contributed by atoms with Crippen molar-refractivity contribution in [3.05, 3.63) is 24.3 Å². The summed E-state index contributed by atoms with van der Waals surface area (Å²) < 4.78 is 0. The van der Waals surface area contributed by atoms with E-state index in [9.17, 15) is 9.59 Å². The number of likely N-dealkylation sites (tertiary alicyclic amines) is 1. The van der Waals surface area contributed by atoms with E-state index in [-0.39, 0.29) is 18.4 Å². The van der Waals surface area contributed by atoms with Crippen molar-refractivity contribution < 1.29 is 14.7 Å². The molecule has 0 radical (unpaired) electrons. The maximum absolute atomic E-state index is 12.2. The number of nitrogens with one attached hydrogen (secondary N) is 1. The number of amides is 2. The highest BCUT2D eigenvalue weighted by molar-refractivity contribution is 7.98. The summed E-state index contributed by atoms with van der Waals surface area (Å²) >= 11 is 1.58. The van der Waals surface area contributed by atoms with E-state index < -0.39 is 5.97 Å². The lowest BCUT2D eigenvalue weighted by Crippen LogP contribution is -2.33. The molecule has 1 heterocycles. The molecule has 1 aliphatic heterocycles. The van der Waals surface area contributed by atoms with Crippen LogP contribution in [0.25, 0.3) is 0 Å². The average molecular weight is 294 g/mol. The van der Waals surface area contributed by atoms with Gasteiger partial charge in [0.05, 0.1) is 5.69 Å². The second-order valence-corrected chi connectivity index (χ2v) is 5.68. The number of thioether (sulfide) groups is 1. The predicted molar refractivity (Wildman–Crippen MR) is 79.2 cm³/mol. The molecule has 0 aromatic heterocycles. The van der Waals surface area contributed by atoms with Crippen molar-refractivity contribution in [2.75, 3.05) is 24.7 Å². The van der Waals surface area contributed by atoms with Crippen LogP contribution in [0.15, 0.2) is 29.2 Å². The van der Waals surface area contributed by atoms with Crippen molar-refractivity contribution in [1.82, 2.24) is 4.90 Å². The van der Waals surface area contributed by atoms with Crippen molar-refractivity contribution in [2.45, 2.75) is 17.7 Å². The first-order chi connectivity index (χ1) is 9.60. The third-order valence-electron chi connectivity index (χ3n) is 3.38. The van der Waals surface area contributed by atoms with Crippen molar-refractivity contribution >= 4 is 29.4 Å². The van der Waals surface area contributed by atoms with E-state index >= 15 is 0 Å². The highest BCUT2D eigenvalue weighted by Crippen LogP contribution is 2.26. The molecule has 108 valence electrons. The molecule has 1 unspecified atom stereocenters. The number of nitrogens with zero attached hydrogens (tertiary/aromatic N) is 1. The minimum absolute atomic E-state index is 0.0639. The molecule has 5 nitrogen and oxygen atoms in total. The number of carbonyl (C=O) groups excluding carboxylic acids is 1. The second kappa shape index (κ2) is 6.65. The lowest BCUT2D eigenvalue weighted by molar-refractivity contribution is -0.138. The third-order valence-corrected chi connectivity index (χ3v) is 4.18. The quantitative estimate of drug-likeness (QED) is 0.838. The van der Waals surface area contributed by atoms with E-state index in [0.29, 0.717) is 13.1 Å². The van der Waals surface area contributed by atoms with E-state index in [0.717, 1.165) is 17.0 Å². The molecule has 1 atom stereocenters. The SMILES string of the molecule is CSc1ccccc1NC(=O)N1CCC(CC(=O)O)C1. The van der Waals surface area contributed by atoms with Crippen LogP contribution >= 0.6 is 11.8 Å². The molecule has 2 N–H and O–H groups in total. The Morgan fingerprint density at radius 1 is 1.45 bits per heavy atom. The Bertz CT molecular complexity index is 507. The van der Waals surface area contributed by atoms with Gasteiger partial charge in [0.25, 0.3) is 0 Å². The van der Waals surface area contributed by atoms with Gasteiger partial charge in [-0.05, 0) is 30.7 Å². The molecular formula is C14H18N2O3S.